The van der Waals surface area contributed by atoms with E-state index >= 15 is 0 Å². The Morgan fingerprint density at radius 3 is 2.17 bits per heavy atom. The summed E-state index contributed by atoms with van der Waals surface area (Å²) in [5.74, 6) is -0.0278. The summed E-state index contributed by atoms with van der Waals surface area (Å²) in [7, 11) is 0. The van der Waals surface area contributed by atoms with Gasteiger partial charge in [-0.3, -0.25) is 4.90 Å². The maximum Gasteiger partial charge on any atom is 0.408 e. The van der Waals surface area contributed by atoms with Gasteiger partial charge in [0.2, 0.25) is 0 Å². The fourth-order valence-electron chi connectivity index (χ4n) is 2.20. The van der Waals surface area contributed by atoms with Crippen LogP contribution in [-0.4, -0.2) is 42.4 Å². The van der Waals surface area contributed by atoms with Gasteiger partial charge in [0.15, 0.2) is 0 Å². The highest BCUT2D eigenvalue weighted by molar-refractivity contribution is 5.29. The lowest BCUT2D eigenvalue weighted by atomic mass is 10.0. The highest BCUT2D eigenvalue weighted by atomic mass is 19.4. The second-order valence-electron chi connectivity index (χ2n) is 4.32. The van der Waals surface area contributed by atoms with Crippen LogP contribution in [0.5, 0.6) is 5.75 Å². The summed E-state index contributed by atoms with van der Waals surface area (Å²) in [6.07, 6.45) is -4.31. The van der Waals surface area contributed by atoms with Gasteiger partial charge in [-0.2, -0.15) is 13.2 Å². The molecule has 0 bridgehead atoms. The van der Waals surface area contributed by atoms with Crippen molar-refractivity contribution in [1.29, 1.82) is 0 Å². The van der Waals surface area contributed by atoms with E-state index in [1.54, 1.807) is 0 Å². The zero-order valence-corrected chi connectivity index (χ0v) is 9.74. The number of hydrogen-bond donors (Lipinski definition) is 2. The number of rotatable bonds is 2. The molecule has 18 heavy (non-hydrogen) atoms. The molecule has 1 aromatic rings. The number of hydrogen-bond acceptors (Lipinski definition) is 3. The standard InChI is InChI=1S/C12H15F3N2O/c13-12(14,15)11(17-7-5-16-6-8-17)9-1-3-10(18)4-2-9/h1-4,11,16,18H,5-8H2/t11-/m0/s1. The van der Waals surface area contributed by atoms with Gasteiger partial charge in [-0.15, -0.1) is 0 Å². The van der Waals surface area contributed by atoms with Crippen molar-refractivity contribution in [1.82, 2.24) is 10.2 Å². The van der Waals surface area contributed by atoms with Crippen LogP contribution in [-0.2, 0) is 0 Å². The molecule has 1 aromatic carbocycles. The first-order valence-electron chi connectivity index (χ1n) is 5.79. The van der Waals surface area contributed by atoms with Crippen molar-refractivity contribution in [2.45, 2.75) is 12.2 Å². The minimum absolute atomic E-state index is 0.0278. The van der Waals surface area contributed by atoms with Crippen LogP contribution in [0.15, 0.2) is 24.3 Å². The van der Waals surface area contributed by atoms with E-state index < -0.39 is 12.2 Å². The summed E-state index contributed by atoms with van der Waals surface area (Å²) >= 11 is 0. The van der Waals surface area contributed by atoms with Crippen molar-refractivity contribution >= 4 is 0 Å². The number of nitrogens with zero attached hydrogens (tertiary/aromatic N) is 1. The lowest BCUT2D eigenvalue weighted by Gasteiger charge is -2.36. The third-order valence-corrected chi connectivity index (χ3v) is 3.04. The van der Waals surface area contributed by atoms with Crippen LogP contribution in [0.3, 0.4) is 0 Å². The minimum atomic E-state index is -4.31. The number of benzene rings is 1. The molecule has 2 N–H and O–H groups in total. The van der Waals surface area contributed by atoms with Crippen LogP contribution in [0.4, 0.5) is 13.2 Å². The van der Waals surface area contributed by atoms with Gasteiger partial charge in [0.05, 0.1) is 0 Å². The molecule has 0 radical (unpaired) electrons. The Morgan fingerprint density at radius 1 is 1.11 bits per heavy atom. The fraction of sp³-hybridized carbons (Fsp3) is 0.500. The summed E-state index contributed by atoms with van der Waals surface area (Å²) in [6, 6.07) is 3.64. The third-order valence-electron chi connectivity index (χ3n) is 3.04. The van der Waals surface area contributed by atoms with Crippen LogP contribution in [0.25, 0.3) is 0 Å². The van der Waals surface area contributed by atoms with Crippen molar-refractivity contribution in [3.8, 4) is 5.75 Å². The van der Waals surface area contributed by atoms with Crippen LogP contribution >= 0.6 is 0 Å². The summed E-state index contributed by atoms with van der Waals surface area (Å²) in [5.41, 5.74) is 0.169. The molecule has 0 spiro atoms. The van der Waals surface area contributed by atoms with E-state index in [0.717, 1.165) is 0 Å². The average molecular weight is 260 g/mol. The van der Waals surface area contributed by atoms with Crippen molar-refractivity contribution in [2.24, 2.45) is 0 Å². The first kappa shape index (κ1) is 13.2. The van der Waals surface area contributed by atoms with Crippen LogP contribution in [0, 0.1) is 0 Å². The van der Waals surface area contributed by atoms with Crippen molar-refractivity contribution < 1.29 is 18.3 Å². The molecule has 1 saturated heterocycles. The number of phenols is 1. The molecular formula is C12H15F3N2O. The zero-order valence-electron chi connectivity index (χ0n) is 9.74. The van der Waals surface area contributed by atoms with Gasteiger partial charge in [0.25, 0.3) is 0 Å². The Labute approximate surface area is 103 Å². The number of halogens is 3. The molecule has 1 heterocycles. The van der Waals surface area contributed by atoms with E-state index in [4.69, 9.17) is 5.11 Å². The normalized spacial score (nSPS) is 19.7. The van der Waals surface area contributed by atoms with E-state index in [1.165, 1.54) is 29.2 Å². The molecule has 1 fully saturated rings. The lowest BCUT2D eigenvalue weighted by molar-refractivity contribution is -0.187. The average Bonchev–Trinajstić information content (AvgIpc) is 2.32. The Balaban J connectivity index is 2.27. The number of nitrogens with one attached hydrogen (secondary N) is 1. The molecule has 0 aliphatic carbocycles. The van der Waals surface area contributed by atoms with Gasteiger partial charge >= 0.3 is 6.18 Å². The number of alkyl halides is 3. The molecule has 0 saturated carbocycles. The first-order valence-corrected chi connectivity index (χ1v) is 5.79. The van der Waals surface area contributed by atoms with Gasteiger partial charge in [0, 0.05) is 26.2 Å². The predicted octanol–water partition coefficient (Wildman–Crippen LogP) is 1.90. The number of aromatic hydroxyl groups is 1. The van der Waals surface area contributed by atoms with Gasteiger partial charge < -0.3 is 10.4 Å². The summed E-state index contributed by atoms with van der Waals surface area (Å²) in [4.78, 5) is 1.42. The minimum Gasteiger partial charge on any atom is -0.508 e. The molecule has 1 aliphatic rings. The van der Waals surface area contributed by atoms with Crippen LogP contribution in [0.2, 0.25) is 0 Å². The molecule has 0 aromatic heterocycles. The van der Waals surface area contributed by atoms with E-state index in [9.17, 15) is 13.2 Å². The lowest BCUT2D eigenvalue weighted by Crippen LogP contribution is -2.49. The smallest absolute Gasteiger partial charge is 0.408 e. The third kappa shape index (κ3) is 2.94. The highest BCUT2D eigenvalue weighted by Gasteiger charge is 2.44. The second kappa shape index (κ2) is 5.16. The molecule has 1 aliphatic heterocycles. The topological polar surface area (TPSA) is 35.5 Å². The maximum atomic E-state index is 13.2. The van der Waals surface area contributed by atoms with E-state index in [-0.39, 0.29) is 11.3 Å². The van der Waals surface area contributed by atoms with E-state index in [1.807, 2.05) is 0 Å². The molecule has 2 rings (SSSR count). The molecule has 3 nitrogen and oxygen atoms in total. The van der Waals surface area contributed by atoms with Gasteiger partial charge in [-0.25, -0.2) is 0 Å². The largest absolute Gasteiger partial charge is 0.508 e. The molecule has 1 atom stereocenters. The molecule has 6 heteroatoms. The molecular weight excluding hydrogens is 245 g/mol. The summed E-state index contributed by atoms with van der Waals surface area (Å²) in [5, 5.41) is 12.2. The molecule has 0 amide bonds. The quantitative estimate of drug-likeness (QED) is 0.852. The zero-order chi connectivity index (χ0) is 13.2. The van der Waals surface area contributed by atoms with Crippen molar-refractivity contribution in [3.05, 3.63) is 29.8 Å². The Kier molecular flexibility index (Phi) is 3.77. The summed E-state index contributed by atoms with van der Waals surface area (Å²) in [6.45, 7) is 1.85. The number of phenolic OH excluding ortho intramolecular Hbond substituents is 1. The van der Waals surface area contributed by atoms with Gasteiger partial charge in [-0.05, 0) is 17.7 Å². The molecule has 100 valence electrons. The van der Waals surface area contributed by atoms with Crippen LogP contribution in [0.1, 0.15) is 11.6 Å². The highest BCUT2D eigenvalue weighted by Crippen LogP contribution is 2.38. The first-order chi connectivity index (χ1) is 8.48. The van der Waals surface area contributed by atoms with Gasteiger partial charge in [0.1, 0.15) is 11.8 Å². The molecule has 0 unspecified atom stereocenters. The monoisotopic (exact) mass is 260 g/mol. The Bertz CT molecular complexity index is 385. The van der Waals surface area contributed by atoms with Gasteiger partial charge in [-0.1, -0.05) is 12.1 Å². The Morgan fingerprint density at radius 2 is 1.67 bits per heavy atom. The summed E-state index contributed by atoms with van der Waals surface area (Å²) < 4.78 is 39.5. The predicted molar refractivity (Wildman–Crippen MR) is 61.3 cm³/mol. The van der Waals surface area contributed by atoms with E-state index in [0.29, 0.717) is 26.2 Å². The van der Waals surface area contributed by atoms with Crippen molar-refractivity contribution in [2.75, 3.05) is 26.2 Å². The maximum absolute atomic E-state index is 13.2. The van der Waals surface area contributed by atoms with E-state index in [2.05, 4.69) is 5.32 Å². The fourth-order valence-corrected chi connectivity index (χ4v) is 2.20. The SMILES string of the molecule is Oc1ccc([C@H](N2CCNCC2)C(F)(F)F)cc1. The Hall–Kier alpha value is -1.27. The number of piperazine rings is 1. The second-order valence-corrected chi connectivity index (χ2v) is 4.32. The van der Waals surface area contributed by atoms with Crippen LogP contribution < -0.4 is 5.32 Å². The van der Waals surface area contributed by atoms with Crippen molar-refractivity contribution in [3.63, 3.8) is 0 Å².